The van der Waals surface area contributed by atoms with Gasteiger partial charge in [0.05, 0.1) is 0 Å². The molecule has 0 aliphatic rings. The van der Waals surface area contributed by atoms with E-state index in [0.29, 0.717) is 5.96 Å². The number of likely N-dealkylation sites (N-methyl/N-ethyl adjacent to an activating group) is 1. The molecular weight excluding hydrogens is 178 g/mol. The van der Waals surface area contributed by atoms with Gasteiger partial charge in [0.1, 0.15) is 0 Å². The van der Waals surface area contributed by atoms with E-state index in [4.69, 9.17) is 11.6 Å². The summed E-state index contributed by atoms with van der Waals surface area (Å²) in [6.45, 7) is 0.754. The van der Waals surface area contributed by atoms with E-state index in [9.17, 15) is 0 Å². The zero-order valence-electron chi connectivity index (χ0n) is 8.22. The monoisotopic (exact) mass is 193 g/mol. The van der Waals surface area contributed by atoms with E-state index in [1.165, 1.54) is 0 Å². The molecule has 0 bridgehead atoms. The summed E-state index contributed by atoms with van der Waals surface area (Å²) in [5.41, 5.74) is 6.54. The Morgan fingerprint density at radius 3 is 2.93 bits per heavy atom. The molecule has 14 heavy (non-hydrogen) atoms. The highest BCUT2D eigenvalue weighted by atomic mass is 15.3. The average Bonchev–Trinajstić information content (AvgIpc) is 2.26. The smallest absolute Gasteiger partial charge is 0.213 e. The molecule has 0 amide bonds. The Kier molecular flexibility index (Phi) is 3.72. The number of hydrogen-bond acceptors (Lipinski definition) is 3. The lowest BCUT2D eigenvalue weighted by Crippen LogP contribution is -2.36. The summed E-state index contributed by atoms with van der Waals surface area (Å²) >= 11 is 0. The van der Waals surface area contributed by atoms with E-state index < -0.39 is 0 Å². The Balaban J connectivity index is 2.42. The Bertz CT molecular complexity index is 295. The van der Waals surface area contributed by atoms with Crippen LogP contribution in [0.1, 0.15) is 5.69 Å². The minimum atomic E-state index is 0.334. The Hall–Kier alpha value is -1.78. The van der Waals surface area contributed by atoms with Crippen LogP contribution in [0, 0.1) is 0 Å². The average molecular weight is 193 g/mol. The number of nitrogens with two attached hydrogens (primary N) is 2. The van der Waals surface area contributed by atoms with Crippen LogP contribution in [0.3, 0.4) is 0 Å². The molecule has 1 aromatic heterocycles. The van der Waals surface area contributed by atoms with Crippen LogP contribution >= 0.6 is 0 Å². The van der Waals surface area contributed by atoms with Gasteiger partial charge in [0.25, 0.3) is 0 Å². The molecule has 0 saturated heterocycles. The molecule has 0 aliphatic carbocycles. The van der Waals surface area contributed by atoms with E-state index >= 15 is 0 Å². The van der Waals surface area contributed by atoms with E-state index in [1.807, 2.05) is 25.2 Å². The van der Waals surface area contributed by atoms with Crippen molar-refractivity contribution in [1.82, 2.24) is 9.88 Å². The summed E-state index contributed by atoms with van der Waals surface area (Å²) in [5, 5.41) is 3.40. The first kappa shape index (κ1) is 10.3. The fraction of sp³-hybridized carbons (Fsp3) is 0.333. The fourth-order valence-electron chi connectivity index (χ4n) is 1.04. The number of hydrogen-bond donors (Lipinski definition) is 2. The molecule has 5 nitrogen and oxygen atoms in total. The van der Waals surface area contributed by atoms with Gasteiger partial charge >= 0.3 is 0 Å². The van der Waals surface area contributed by atoms with Crippen molar-refractivity contribution in [2.24, 2.45) is 16.7 Å². The van der Waals surface area contributed by atoms with Crippen molar-refractivity contribution < 1.29 is 0 Å². The molecule has 76 valence electrons. The number of guanidine groups is 1. The molecule has 1 rings (SSSR count). The predicted octanol–water partition coefficient (Wildman–Crippen LogP) is -0.256. The van der Waals surface area contributed by atoms with Gasteiger partial charge in [-0.05, 0) is 12.1 Å². The van der Waals surface area contributed by atoms with Crippen molar-refractivity contribution in [2.45, 2.75) is 6.42 Å². The van der Waals surface area contributed by atoms with Crippen molar-refractivity contribution in [3.63, 3.8) is 0 Å². The fourth-order valence-corrected chi connectivity index (χ4v) is 1.04. The van der Waals surface area contributed by atoms with Gasteiger partial charge in [0, 0.05) is 31.9 Å². The summed E-state index contributed by atoms with van der Waals surface area (Å²) < 4.78 is 0. The number of rotatable bonds is 3. The largest absolute Gasteiger partial charge is 0.368 e. The zero-order chi connectivity index (χ0) is 10.4. The first-order chi connectivity index (χ1) is 6.74. The summed E-state index contributed by atoms with van der Waals surface area (Å²) in [4.78, 5) is 5.98. The molecule has 0 unspecified atom stereocenters. The number of nitrogens with zero attached hydrogens (tertiary/aromatic N) is 3. The van der Waals surface area contributed by atoms with Crippen LogP contribution in [0.2, 0.25) is 0 Å². The van der Waals surface area contributed by atoms with Gasteiger partial charge in [-0.3, -0.25) is 4.98 Å². The normalized spacial score (nSPS) is 11.4. The van der Waals surface area contributed by atoms with Crippen molar-refractivity contribution in [1.29, 1.82) is 0 Å². The highest BCUT2D eigenvalue weighted by Gasteiger charge is 2.01. The Morgan fingerprint density at radius 1 is 1.57 bits per heavy atom. The van der Waals surface area contributed by atoms with Gasteiger partial charge in [-0.25, -0.2) is 0 Å². The molecule has 0 fully saturated rings. The van der Waals surface area contributed by atoms with E-state index in [1.54, 1.807) is 11.1 Å². The van der Waals surface area contributed by atoms with Crippen molar-refractivity contribution >= 4 is 5.96 Å². The molecule has 5 heteroatoms. The highest BCUT2D eigenvalue weighted by molar-refractivity contribution is 5.77. The lowest BCUT2D eigenvalue weighted by atomic mass is 10.2. The van der Waals surface area contributed by atoms with Gasteiger partial charge in [0.2, 0.25) is 5.96 Å². The van der Waals surface area contributed by atoms with Crippen LogP contribution in [0.15, 0.2) is 29.5 Å². The molecule has 0 aromatic carbocycles. The van der Waals surface area contributed by atoms with Gasteiger partial charge in [0.15, 0.2) is 0 Å². The van der Waals surface area contributed by atoms with Crippen molar-refractivity contribution in [3.05, 3.63) is 30.1 Å². The molecule has 0 saturated carbocycles. The van der Waals surface area contributed by atoms with Gasteiger partial charge in [-0.15, -0.1) is 5.10 Å². The second kappa shape index (κ2) is 5.06. The molecule has 0 aliphatic heterocycles. The summed E-state index contributed by atoms with van der Waals surface area (Å²) in [7, 11) is 1.84. The molecule has 0 atom stereocenters. The maximum absolute atomic E-state index is 5.51. The van der Waals surface area contributed by atoms with Crippen LogP contribution in [0.5, 0.6) is 0 Å². The number of hydrazone groups is 1. The molecule has 0 spiro atoms. The van der Waals surface area contributed by atoms with E-state index in [-0.39, 0.29) is 0 Å². The minimum absolute atomic E-state index is 0.334. The zero-order valence-corrected chi connectivity index (χ0v) is 8.22. The third-order valence-electron chi connectivity index (χ3n) is 1.95. The van der Waals surface area contributed by atoms with Crippen LogP contribution in [0.4, 0.5) is 0 Å². The first-order valence-electron chi connectivity index (χ1n) is 4.38. The van der Waals surface area contributed by atoms with Gasteiger partial charge < -0.3 is 16.5 Å². The first-order valence-corrected chi connectivity index (χ1v) is 4.38. The third-order valence-corrected chi connectivity index (χ3v) is 1.95. The van der Waals surface area contributed by atoms with Gasteiger partial charge in [-0.1, -0.05) is 6.07 Å². The third kappa shape index (κ3) is 2.93. The summed E-state index contributed by atoms with van der Waals surface area (Å²) in [6, 6.07) is 5.83. The summed E-state index contributed by atoms with van der Waals surface area (Å²) in [6.07, 6.45) is 2.60. The number of pyridine rings is 1. The second-order valence-electron chi connectivity index (χ2n) is 2.98. The highest BCUT2D eigenvalue weighted by Crippen LogP contribution is 1.95. The van der Waals surface area contributed by atoms with Crippen molar-refractivity contribution in [2.75, 3.05) is 13.6 Å². The molecule has 1 heterocycles. The van der Waals surface area contributed by atoms with E-state index in [0.717, 1.165) is 18.7 Å². The standard InChI is InChI=1S/C9H15N5/c1-14(9(10)13-11)7-5-8-4-2-3-6-12-8/h2-4,6H,5,7,11H2,1H3,(H2,10,13). The lowest BCUT2D eigenvalue weighted by Gasteiger charge is -2.16. The second-order valence-corrected chi connectivity index (χ2v) is 2.98. The summed E-state index contributed by atoms with van der Waals surface area (Å²) in [5.74, 6) is 5.38. The maximum atomic E-state index is 5.51. The SMILES string of the molecule is CN(CCc1ccccn1)C(N)=NN. The minimum Gasteiger partial charge on any atom is -0.368 e. The van der Waals surface area contributed by atoms with Crippen LogP contribution in [-0.4, -0.2) is 29.4 Å². The van der Waals surface area contributed by atoms with Crippen LogP contribution in [0.25, 0.3) is 0 Å². The number of aromatic nitrogens is 1. The van der Waals surface area contributed by atoms with Crippen LogP contribution < -0.4 is 11.6 Å². The van der Waals surface area contributed by atoms with Crippen LogP contribution in [-0.2, 0) is 6.42 Å². The predicted molar refractivity (Wildman–Crippen MR) is 56.4 cm³/mol. The molecule has 4 N–H and O–H groups in total. The topological polar surface area (TPSA) is 80.5 Å². The molecular formula is C9H15N5. The Labute approximate surface area is 83.4 Å². The quantitative estimate of drug-likeness (QED) is 0.300. The molecule has 0 radical (unpaired) electrons. The van der Waals surface area contributed by atoms with E-state index in [2.05, 4.69) is 10.1 Å². The van der Waals surface area contributed by atoms with Crippen molar-refractivity contribution in [3.8, 4) is 0 Å². The Morgan fingerprint density at radius 2 is 2.36 bits per heavy atom. The van der Waals surface area contributed by atoms with Gasteiger partial charge in [-0.2, -0.15) is 0 Å². The lowest BCUT2D eigenvalue weighted by molar-refractivity contribution is 0.497. The molecule has 1 aromatic rings. The maximum Gasteiger partial charge on any atom is 0.213 e.